The molecule has 2 aliphatic heterocycles. The quantitative estimate of drug-likeness (QED) is 0.257. The molecule has 1 atom stereocenters. The fourth-order valence-electron chi connectivity index (χ4n) is 7.01. The molecule has 1 saturated carbocycles. The minimum absolute atomic E-state index is 0.370. The van der Waals surface area contributed by atoms with Crippen molar-refractivity contribution in [2.45, 2.75) is 44.2 Å². The molecule has 3 aliphatic rings. The third-order valence-corrected chi connectivity index (χ3v) is 11.8. The number of hydrogen-bond acceptors (Lipinski definition) is 8. The van der Waals surface area contributed by atoms with Crippen LogP contribution in [0.4, 0.5) is 28.8 Å². The second-order valence-electron chi connectivity index (χ2n) is 13.1. The Morgan fingerprint density at radius 3 is 2.42 bits per heavy atom. The van der Waals surface area contributed by atoms with Crippen molar-refractivity contribution in [1.82, 2.24) is 19.8 Å². The molecule has 0 unspecified atom stereocenters. The molecular weight excluding hydrogens is 600 g/mol. The molecule has 1 spiro atoms. The van der Waals surface area contributed by atoms with Crippen molar-refractivity contribution in [3.05, 3.63) is 58.7 Å². The number of aromatic nitrogens is 2. The van der Waals surface area contributed by atoms with Crippen molar-refractivity contribution < 1.29 is 4.57 Å². The summed E-state index contributed by atoms with van der Waals surface area (Å²) in [6.45, 7) is 8.05. The van der Waals surface area contributed by atoms with Crippen LogP contribution in [0.1, 0.15) is 32.1 Å². The first kappa shape index (κ1) is 30.7. The summed E-state index contributed by atoms with van der Waals surface area (Å²) < 4.78 is 12.8. The van der Waals surface area contributed by atoms with Gasteiger partial charge < -0.3 is 25.0 Å². The van der Waals surface area contributed by atoms with Crippen LogP contribution in [0.2, 0.25) is 10.0 Å². The van der Waals surface area contributed by atoms with Crippen LogP contribution < -0.4 is 20.8 Å². The molecule has 0 radical (unpaired) electrons. The standard InChI is InChI=1S/C32H42Cl2N7OP/c1-39(2)23-11-14-41(21-23)24-18-32(19-24)12-15-40(16-13-32)28-10-9-22(17-25(28)33)36-31-35-20-26(34)30(38-31)37-27-7-5-6-8-29(27)43(3,4)42/h5-10,17,20,23-24H,11-16,18-19,21H2,1-4H3,(H2,35,36,37,38)/t23-/m1/s1. The number of halogens is 2. The Balaban J connectivity index is 1.06. The van der Waals surface area contributed by atoms with E-state index in [-0.39, 0.29) is 0 Å². The van der Waals surface area contributed by atoms with E-state index in [9.17, 15) is 4.57 Å². The van der Waals surface area contributed by atoms with Crippen LogP contribution in [-0.4, -0.2) is 85.5 Å². The van der Waals surface area contributed by atoms with Crippen molar-refractivity contribution in [1.29, 1.82) is 0 Å². The van der Waals surface area contributed by atoms with Crippen LogP contribution in [0.15, 0.2) is 48.7 Å². The van der Waals surface area contributed by atoms with Gasteiger partial charge in [0.05, 0.1) is 22.6 Å². The Hall–Kier alpha value is -2.35. The highest BCUT2D eigenvalue weighted by atomic mass is 35.5. The van der Waals surface area contributed by atoms with E-state index < -0.39 is 7.14 Å². The largest absolute Gasteiger partial charge is 0.370 e. The van der Waals surface area contributed by atoms with Gasteiger partial charge in [-0.3, -0.25) is 4.90 Å². The van der Waals surface area contributed by atoms with Gasteiger partial charge in [-0.1, -0.05) is 35.3 Å². The molecule has 1 aliphatic carbocycles. The number of piperidine rings is 1. The summed E-state index contributed by atoms with van der Waals surface area (Å²) in [5.41, 5.74) is 3.09. The van der Waals surface area contributed by atoms with Gasteiger partial charge in [-0.25, -0.2) is 4.98 Å². The summed E-state index contributed by atoms with van der Waals surface area (Å²) in [6, 6.07) is 15.0. The number of anilines is 5. The van der Waals surface area contributed by atoms with E-state index in [1.165, 1.54) is 45.2 Å². The molecule has 2 aromatic carbocycles. The zero-order chi connectivity index (χ0) is 30.4. The maximum Gasteiger partial charge on any atom is 0.229 e. The van der Waals surface area contributed by atoms with Crippen molar-refractivity contribution in [3.63, 3.8) is 0 Å². The molecule has 8 nitrogen and oxygen atoms in total. The summed E-state index contributed by atoms with van der Waals surface area (Å²) in [5, 5.41) is 8.33. The number of hydrogen-bond donors (Lipinski definition) is 2. The lowest BCUT2D eigenvalue weighted by atomic mass is 9.60. The molecule has 2 N–H and O–H groups in total. The normalized spacial score (nSPS) is 20.9. The number of nitrogens with zero attached hydrogens (tertiary/aromatic N) is 5. The molecule has 0 amide bonds. The predicted octanol–water partition coefficient (Wildman–Crippen LogP) is 6.90. The van der Waals surface area contributed by atoms with Crippen LogP contribution in [0.5, 0.6) is 0 Å². The number of rotatable bonds is 8. The Morgan fingerprint density at radius 1 is 1.00 bits per heavy atom. The van der Waals surface area contributed by atoms with Gasteiger partial charge in [0.25, 0.3) is 0 Å². The van der Waals surface area contributed by atoms with Crippen molar-refractivity contribution in [2.24, 2.45) is 5.41 Å². The molecule has 6 rings (SSSR count). The Kier molecular flexibility index (Phi) is 8.71. The number of benzene rings is 2. The van der Waals surface area contributed by atoms with E-state index in [0.29, 0.717) is 39.0 Å². The van der Waals surface area contributed by atoms with Gasteiger partial charge in [0.2, 0.25) is 5.95 Å². The third kappa shape index (κ3) is 6.69. The molecule has 3 aromatic rings. The number of likely N-dealkylation sites (tertiary alicyclic amines) is 1. The van der Waals surface area contributed by atoms with Gasteiger partial charge in [0, 0.05) is 49.3 Å². The first-order valence-electron chi connectivity index (χ1n) is 15.2. The number of nitrogens with one attached hydrogen (secondary N) is 2. The maximum atomic E-state index is 12.8. The van der Waals surface area contributed by atoms with Crippen LogP contribution >= 0.6 is 30.3 Å². The monoisotopic (exact) mass is 641 g/mol. The highest BCUT2D eigenvalue weighted by molar-refractivity contribution is 7.70. The Bertz CT molecular complexity index is 1510. The second kappa shape index (κ2) is 12.2. The minimum Gasteiger partial charge on any atom is -0.370 e. The molecule has 3 heterocycles. The predicted molar refractivity (Wildman–Crippen MR) is 181 cm³/mol. The molecule has 0 bridgehead atoms. The lowest BCUT2D eigenvalue weighted by Crippen LogP contribution is -2.55. The van der Waals surface area contributed by atoms with E-state index >= 15 is 0 Å². The van der Waals surface area contributed by atoms with Gasteiger partial charge in [0.1, 0.15) is 12.2 Å². The van der Waals surface area contributed by atoms with E-state index in [1.54, 1.807) is 19.5 Å². The first-order chi connectivity index (χ1) is 20.5. The van der Waals surface area contributed by atoms with Gasteiger partial charge in [-0.2, -0.15) is 4.98 Å². The molecule has 230 valence electrons. The van der Waals surface area contributed by atoms with E-state index in [1.807, 2.05) is 36.4 Å². The Morgan fingerprint density at radius 2 is 1.74 bits per heavy atom. The summed E-state index contributed by atoms with van der Waals surface area (Å²) in [6.07, 6.45) is 8.00. The lowest BCUT2D eigenvalue weighted by molar-refractivity contribution is -0.00857. The topological polar surface area (TPSA) is 76.6 Å². The van der Waals surface area contributed by atoms with Crippen molar-refractivity contribution >= 4 is 64.5 Å². The molecule has 2 saturated heterocycles. The molecule has 1 aromatic heterocycles. The van der Waals surface area contributed by atoms with Gasteiger partial charge in [0.15, 0.2) is 5.82 Å². The molecule has 43 heavy (non-hydrogen) atoms. The average molecular weight is 643 g/mol. The van der Waals surface area contributed by atoms with Crippen LogP contribution in [-0.2, 0) is 4.57 Å². The van der Waals surface area contributed by atoms with Crippen LogP contribution in [0.3, 0.4) is 0 Å². The highest BCUT2D eigenvalue weighted by Gasteiger charge is 2.49. The van der Waals surface area contributed by atoms with Crippen LogP contribution in [0, 0.1) is 5.41 Å². The van der Waals surface area contributed by atoms with Crippen molar-refractivity contribution in [2.75, 3.05) is 69.1 Å². The van der Waals surface area contributed by atoms with Gasteiger partial charge in [-0.05, 0) is 95.3 Å². The van der Waals surface area contributed by atoms with E-state index in [4.69, 9.17) is 23.2 Å². The molecule has 3 fully saturated rings. The number of likely N-dealkylation sites (N-methyl/N-ethyl adjacent to an activating group) is 1. The third-order valence-electron chi connectivity index (χ3n) is 9.63. The minimum atomic E-state index is -2.50. The second-order valence-corrected chi connectivity index (χ2v) is 17.1. The fourth-order valence-corrected chi connectivity index (χ4v) is 8.61. The zero-order valence-electron chi connectivity index (χ0n) is 25.5. The van der Waals surface area contributed by atoms with E-state index in [0.717, 1.165) is 35.8 Å². The lowest BCUT2D eigenvalue weighted by Gasteiger charge is -2.55. The zero-order valence-corrected chi connectivity index (χ0v) is 27.9. The smallest absolute Gasteiger partial charge is 0.229 e. The first-order valence-corrected chi connectivity index (χ1v) is 18.5. The summed E-state index contributed by atoms with van der Waals surface area (Å²) in [4.78, 5) is 16.5. The number of para-hydroxylation sites is 1. The molecular formula is C32H42Cl2N7OP. The van der Waals surface area contributed by atoms with Gasteiger partial charge in [-0.15, -0.1) is 0 Å². The van der Waals surface area contributed by atoms with E-state index in [2.05, 4.69) is 55.5 Å². The maximum absolute atomic E-state index is 12.8. The summed E-state index contributed by atoms with van der Waals surface area (Å²) in [7, 11) is 1.91. The summed E-state index contributed by atoms with van der Waals surface area (Å²) >= 11 is 13.3. The van der Waals surface area contributed by atoms with Crippen molar-refractivity contribution in [3.8, 4) is 0 Å². The van der Waals surface area contributed by atoms with Crippen LogP contribution in [0.25, 0.3) is 0 Å². The summed E-state index contributed by atoms with van der Waals surface area (Å²) in [5.74, 6) is 0.823. The fraction of sp³-hybridized carbons (Fsp3) is 0.500. The average Bonchev–Trinajstić information content (AvgIpc) is 3.44. The molecule has 11 heteroatoms. The van der Waals surface area contributed by atoms with Gasteiger partial charge >= 0.3 is 0 Å². The highest BCUT2D eigenvalue weighted by Crippen LogP contribution is 2.52. The Labute approximate surface area is 265 Å². The SMILES string of the molecule is CN(C)[C@@H]1CCN(C2CC3(CCN(c4ccc(Nc5ncc(Cl)c(Nc6ccccc6P(C)(C)=O)n5)cc4Cl)CC3)C2)C1.